The molecule has 0 bridgehead atoms. The van der Waals surface area contributed by atoms with Gasteiger partial charge in [-0.2, -0.15) is 5.26 Å². The van der Waals surface area contributed by atoms with E-state index >= 15 is 0 Å². The molecule has 4 nitrogen and oxygen atoms in total. The highest BCUT2D eigenvalue weighted by Crippen LogP contribution is 2.09. The van der Waals surface area contributed by atoms with Crippen LogP contribution >= 0.6 is 0 Å². The summed E-state index contributed by atoms with van der Waals surface area (Å²) in [5.74, 6) is -0.595. The molecular weight excluding hydrogens is 257 g/mol. The van der Waals surface area contributed by atoms with E-state index in [1.54, 1.807) is 19.1 Å². The van der Waals surface area contributed by atoms with Gasteiger partial charge < -0.3 is 5.32 Å². The Hall–Kier alpha value is -2.74. The van der Waals surface area contributed by atoms with Gasteiger partial charge in [0.15, 0.2) is 0 Å². The molecule has 1 aromatic heterocycles. The van der Waals surface area contributed by atoms with Crippen molar-refractivity contribution in [2.45, 2.75) is 13.5 Å². The number of pyridine rings is 1. The summed E-state index contributed by atoms with van der Waals surface area (Å²) in [7, 11) is 0. The molecule has 100 valence electrons. The molecule has 2 rings (SSSR count). The standard InChI is InChI=1S/C15H12FN3O/c1-10-4-11(2-3-14(10)16)8-19-15(20)13-5-12(6-17)7-18-9-13/h2-5,7,9H,8H2,1H3,(H,19,20). The minimum absolute atomic E-state index is 0.272. The average molecular weight is 269 g/mol. The van der Waals surface area contributed by atoms with Gasteiger partial charge >= 0.3 is 0 Å². The van der Waals surface area contributed by atoms with Crippen molar-refractivity contribution >= 4 is 5.91 Å². The summed E-state index contributed by atoms with van der Waals surface area (Å²) in [4.78, 5) is 15.7. The zero-order valence-corrected chi connectivity index (χ0v) is 10.9. The molecule has 0 aliphatic rings. The maximum Gasteiger partial charge on any atom is 0.253 e. The van der Waals surface area contributed by atoms with E-state index in [9.17, 15) is 9.18 Å². The molecule has 5 heteroatoms. The van der Waals surface area contributed by atoms with Gasteiger partial charge in [-0.3, -0.25) is 9.78 Å². The SMILES string of the molecule is Cc1cc(CNC(=O)c2cncc(C#N)c2)ccc1F. The molecule has 0 radical (unpaired) electrons. The second-order valence-corrected chi connectivity index (χ2v) is 4.34. The van der Waals surface area contributed by atoms with Crippen LogP contribution in [0.25, 0.3) is 0 Å². The highest BCUT2D eigenvalue weighted by molar-refractivity contribution is 5.94. The number of amides is 1. The first kappa shape index (κ1) is 13.7. The molecule has 2 aromatic rings. The second-order valence-electron chi connectivity index (χ2n) is 4.34. The van der Waals surface area contributed by atoms with Gasteiger partial charge in [-0.05, 0) is 30.2 Å². The van der Waals surface area contributed by atoms with E-state index in [1.807, 2.05) is 6.07 Å². The van der Waals surface area contributed by atoms with E-state index in [0.29, 0.717) is 16.7 Å². The van der Waals surface area contributed by atoms with Crippen molar-refractivity contribution in [3.8, 4) is 6.07 Å². The number of carbonyl (C=O) groups excluding carboxylic acids is 1. The number of nitriles is 1. The summed E-state index contributed by atoms with van der Waals surface area (Å²) < 4.78 is 13.1. The van der Waals surface area contributed by atoms with E-state index < -0.39 is 0 Å². The zero-order chi connectivity index (χ0) is 14.5. The van der Waals surface area contributed by atoms with Gasteiger partial charge in [0.2, 0.25) is 0 Å². The highest BCUT2D eigenvalue weighted by atomic mass is 19.1. The molecule has 0 fully saturated rings. The Kier molecular flexibility index (Phi) is 4.06. The van der Waals surface area contributed by atoms with Crippen molar-refractivity contribution in [2.75, 3.05) is 0 Å². The van der Waals surface area contributed by atoms with Crippen LogP contribution in [0.4, 0.5) is 4.39 Å². The number of aromatic nitrogens is 1. The first-order valence-electron chi connectivity index (χ1n) is 5.98. The van der Waals surface area contributed by atoms with Gasteiger partial charge in [0, 0.05) is 18.9 Å². The number of nitrogens with zero attached hydrogens (tertiary/aromatic N) is 2. The number of hydrogen-bond acceptors (Lipinski definition) is 3. The minimum Gasteiger partial charge on any atom is -0.348 e. The van der Waals surface area contributed by atoms with Crippen LogP contribution in [-0.2, 0) is 6.54 Å². The fourth-order valence-electron chi connectivity index (χ4n) is 1.73. The van der Waals surface area contributed by atoms with E-state index in [1.165, 1.54) is 24.5 Å². The molecule has 0 spiro atoms. The van der Waals surface area contributed by atoms with Crippen LogP contribution in [0.5, 0.6) is 0 Å². The average Bonchev–Trinajstić information content (AvgIpc) is 2.48. The van der Waals surface area contributed by atoms with Crippen LogP contribution in [-0.4, -0.2) is 10.9 Å². The van der Waals surface area contributed by atoms with E-state index in [2.05, 4.69) is 10.3 Å². The van der Waals surface area contributed by atoms with Gasteiger partial charge in [0.05, 0.1) is 11.1 Å². The topological polar surface area (TPSA) is 65.8 Å². The Balaban J connectivity index is 2.04. The van der Waals surface area contributed by atoms with Crippen LogP contribution in [0.3, 0.4) is 0 Å². The molecule has 0 saturated heterocycles. The molecule has 0 aliphatic carbocycles. The Bertz CT molecular complexity index is 692. The predicted molar refractivity (Wildman–Crippen MR) is 71.3 cm³/mol. The highest BCUT2D eigenvalue weighted by Gasteiger charge is 2.07. The molecule has 1 amide bonds. The largest absolute Gasteiger partial charge is 0.348 e. The van der Waals surface area contributed by atoms with Crippen LogP contribution in [0.2, 0.25) is 0 Å². The lowest BCUT2D eigenvalue weighted by Crippen LogP contribution is -2.23. The number of rotatable bonds is 3. The lowest BCUT2D eigenvalue weighted by Gasteiger charge is -2.06. The summed E-state index contributed by atoms with van der Waals surface area (Å²) >= 11 is 0. The Morgan fingerprint density at radius 3 is 2.90 bits per heavy atom. The summed E-state index contributed by atoms with van der Waals surface area (Å²) in [5, 5.41) is 11.5. The second kappa shape index (κ2) is 5.93. The first-order valence-corrected chi connectivity index (χ1v) is 5.98. The molecule has 1 aromatic carbocycles. The monoisotopic (exact) mass is 269 g/mol. The fraction of sp³-hybridized carbons (Fsp3) is 0.133. The van der Waals surface area contributed by atoms with E-state index in [-0.39, 0.29) is 18.3 Å². The number of halogens is 1. The molecule has 0 unspecified atom stereocenters. The molecule has 1 heterocycles. The zero-order valence-electron chi connectivity index (χ0n) is 10.9. The maximum atomic E-state index is 13.1. The quantitative estimate of drug-likeness (QED) is 0.930. The molecular formula is C15H12FN3O. The van der Waals surface area contributed by atoms with Crippen molar-refractivity contribution in [2.24, 2.45) is 0 Å². The maximum absolute atomic E-state index is 13.1. The van der Waals surface area contributed by atoms with Crippen molar-refractivity contribution in [3.05, 3.63) is 64.7 Å². The van der Waals surface area contributed by atoms with Crippen molar-refractivity contribution in [1.29, 1.82) is 5.26 Å². The van der Waals surface area contributed by atoms with Gasteiger partial charge in [-0.15, -0.1) is 0 Å². The molecule has 0 aliphatic heterocycles. The molecule has 20 heavy (non-hydrogen) atoms. The lowest BCUT2D eigenvalue weighted by molar-refractivity contribution is 0.0950. The van der Waals surface area contributed by atoms with Crippen LogP contribution in [0.1, 0.15) is 27.0 Å². The molecule has 0 atom stereocenters. The normalized spacial score (nSPS) is 9.85. The summed E-state index contributed by atoms with van der Waals surface area (Å²) in [6.45, 7) is 1.96. The fourth-order valence-corrected chi connectivity index (χ4v) is 1.73. The Labute approximate surface area is 115 Å². The van der Waals surface area contributed by atoms with Gasteiger partial charge in [0.25, 0.3) is 5.91 Å². The molecule has 0 saturated carbocycles. The third-order valence-electron chi connectivity index (χ3n) is 2.80. The van der Waals surface area contributed by atoms with Crippen LogP contribution in [0, 0.1) is 24.1 Å². The van der Waals surface area contributed by atoms with Crippen molar-refractivity contribution < 1.29 is 9.18 Å². The van der Waals surface area contributed by atoms with Crippen LogP contribution in [0.15, 0.2) is 36.7 Å². The van der Waals surface area contributed by atoms with E-state index in [0.717, 1.165) is 5.56 Å². The van der Waals surface area contributed by atoms with Crippen molar-refractivity contribution in [3.63, 3.8) is 0 Å². The third-order valence-corrected chi connectivity index (χ3v) is 2.80. The number of benzene rings is 1. The minimum atomic E-state index is -0.323. The van der Waals surface area contributed by atoms with Gasteiger partial charge in [-0.25, -0.2) is 4.39 Å². The number of nitrogens with one attached hydrogen (secondary N) is 1. The summed E-state index contributed by atoms with van der Waals surface area (Å²) in [5.41, 5.74) is 1.99. The Morgan fingerprint density at radius 2 is 2.20 bits per heavy atom. The number of hydrogen-bond donors (Lipinski definition) is 1. The van der Waals surface area contributed by atoms with Crippen LogP contribution < -0.4 is 5.32 Å². The molecule has 1 N–H and O–H groups in total. The predicted octanol–water partition coefficient (Wildman–Crippen LogP) is 2.33. The van der Waals surface area contributed by atoms with Crippen molar-refractivity contribution in [1.82, 2.24) is 10.3 Å². The van der Waals surface area contributed by atoms with E-state index in [4.69, 9.17) is 5.26 Å². The first-order chi connectivity index (χ1) is 9.60. The third kappa shape index (κ3) is 3.18. The Morgan fingerprint density at radius 1 is 1.40 bits per heavy atom. The summed E-state index contributed by atoms with van der Waals surface area (Å²) in [6.07, 6.45) is 2.78. The smallest absolute Gasteiger partial charge is 0.253 e. The number of carbonyl (C=O) groups is 1. The summed E-state index contributed by atoms with van der Waals surface area (Å²) in [6, 6.07) is 8.06. The van der Waals surface area contributed by atoms with Gasteiger partial charge in [0.1, 0.15) is 11.9 Å². The van der Waals surface area contributed by atoms with Gasteiger partial charge in [-0.1, -0.05) is 12.1 Å². The number of aryl methyl sites for hydroxylation is 1. The lowest BCUT2D eigenvalue weighted by atomic mass is 10.1.